The highest BCUT2D eigenvalue weighted by molar-refractivity contribution is 5.97. The van der Waals surface area contributed by atoms with Crippen molar-refractivity contribution in [2.75, 3.05) is 13.6 Å². The van der Waals surface area contributed by atoms with Crippen LogP contribution in [0.1, 0.15) is 10.4 Å². The SMILES string of the molecule is CN=CC(=CN)CNC(=O)c1ccc(-c2nccc3[nH]ccc23)cc1. The normalized spacial score (nSPS) is 12.0. The first kappa shape index (κ1) is 16.4. The highest BCUT2D eigenvalue weighted by atomic mass is 16.1. The molecule has 0 saturated heterocycles. The van der Waals surface area contributed by atoms with Crippen molar-refractivity contribution < 1.29 is 4.79 Å². The van der Waals surface area contributed by atoms with Gasteiger partial charge in [-0.1, -0.05) is 12.1 Å². The van der Waals surface area contributed by atoms with E-state index in [0.29, 0.717) is 12.1 Å². The number of nitrogens with zero attached hydrogens (tertiary/aromatic N) is 2. The Morgan fingerprint density at radius 3 is 2.80 bits per heavy atom. The highest BCUT2D eigenvalue weighted by Crippen LogP contribution is 2.25. The van der Waals surface area contributed by atoms with Gasteiger partial charge in [0.2, 0.25) is 0 Å². The van der Waals surface area contributed by atoms with Gasteiger partial charge in [-0.25, -0.2) is 0 Å². The van der Waals surface area contributed by atoms with E-state index in [1.54, 1.807) is 31.6 Å². The summed E-state index contributed by atoms with van der Waals surface area (Å²) in [5.41, 5.74) is 9.70. The van der Waals surface area contributed by atoms with E-state index in [1.165, 1.54) is 6.20 Å². The number of aromatic nitrogens is 2. The quantitative estimate of drug-likeness (QED) is 0.626. The van der Waals surface area contributed by atoms with E-state index in [1.807, 2.05) is 30.5 Å². The minimum Gasteiger partial charge on any atom is -0.404 e. The van der Waals surface area contributed by atoms with E-state index in [0.717, 1.165) is 27.7 Å². The molecule has 2 heterocycles. The minimum absolute atomic E-state index is 0.164. The maximum absolute atomic E-state index is 12.2. The Kier molecular flexibility index (Phi) is 4.89. The van der Waals surface area contributed by atoms with Crippen molar-refractivity contribution in [2.45, 2.75) is 0 Å². The molecular formula is C19H19N5O. The van der Waals surface area contributed by atoms with Crippen LogP contribution in [0.3, 0.4) is 0 Å². The number of benzene rings is 1. The summed E-state index contributed by atoms with van der Waals surface area (Å²) in [5.74, 6) is -0.164. The van der Waals surface area contributed by atoms with Crippen LogP contribution in [0, 0.1) is 0 Å². The molecule has 0 fully saturated rings. The molecule has 25 heavy (non-hydrogen) atoms. The molecule has 6 heteroatoms. The second kappa shape index (κ2) is 7.44. The van der Waals surface area contributed by atoms with Crippen molar-refractivity contribution in [2.24, 2.45) is 10.7 Å². The van der Waals surface area contributed by atoms with Crippen LogP contribution >= 0.6 is 0 Å². The molecule has 0 radical (unpaired) electrons. The Morgan fingerprint density at radius 2 is 2.08 bits per heavy atom. The van der Waals surface area contributed by atoms with Crippen molar-refractivity contribution in [3.05, 3.63) is 66.1 Å². The van der Waals surface area contributed by atoms with Crippen molar-refractivity contribution in [1.29, 1.82) is 0 Å². The minimum atomic E-state index is -0.164. The topological polar surface area (TPSA) is 96.2 Å². The second-order valence-corrected chi connectivity index (χ2v) is 5.49. The number of nitrogens with two attached hydrogens (primary N) is 1. The third kappa shape index (κ3) is 3.58. The molecule has 0 aliphatic heterocycles. The summed E-state index contributed by atoms with van der Waals surface area (Å²) in [5, 5.41) is 3.87. The molecule has 4 N–H and O–H groups in total. The summed E-state index contributed by atoms with van der Waals surface area (Å²) in [6, 6.07) is 11.3. The van der Waals surface area contributed by atoms with Crippen LogP contribution in [0.4, 0.5) is 0 Å². The van der Waals surface area contributed by atoms with Crippen molar-refractivity contribution >= 4 is 23.0 Å². The van der Waals surface area contributed by atoms with Gasteiger partial charge in [0.25, 0.3) is 5.91 Å². The number of carbonyl (C=O) groups excluding carboxylic acids is 1. The standard InChI is InChI=1S/C19H19N5O/c1-21-11-13(10-20)12-24-19(25)15-4-2-14(3-5-15)18-16-6-8-22-17(16)7-9-23-18/h2-11,22H,12,20H2,1H3,(H,24,25). The Hall–Kier alpha value is -3.41. The molecule has 0 aliphatic carbocycles. The molecular weight excluding hydrogens is 314 g/mol. The van der Waals surface area contributed by atoms with Gasteiger partial charge in [0, 0.05) is 66.0 Å². The molecule has 0 atom stereocenters. The zero-order valence-corrected chi connectivity index (χ0v) is 13.9. The number of nitrogens with one attached hydrogen (secondary N) is 2. The van der Waals surface area contributed by atoms with Gasteiger partial charge in [-0.2, -0.15) is 0 Å². The lowest BCUT2D eigenvalue weighted by atomic mass is 10.1. The van der Waals surface area contributed by atoms with Gasteiger partial charge in [0.1, 0.15) is 0 Å². The largest absolute Gasteiger partial charge is 0.404 e. The zero-order valence-electron chi connectivity index (χ0n) is 13.9. The number of H-pyrrole nitrogens is 1. The number of carbonyl (C=O) groups is 1. The van der Waals surface area contributed by atoms with Crippen LogP contribution in [0.25, 0.3) is 22.2 Å². The number of amides is 1. The molecule has 6 nitrogen and oxygen atoms in total. The average Bonchev–Trinajstić information content (AvgIpc) is 3.14. The summed E-state index contributed by atoms with van der Waals surface area (Å²) in [4.78, 5) is 23.8. The van der Waals surface area contributed by atoms with Gasteiger partial charge < -0.3 is 16.0 Å². The lowest BCUT2D eigenvalue weighted by Gasteiger charge is -2.07. The predicted molar refractivity (Wildman–Crippen MR) is 101 cm³/mol. The second-order valence-electron chi connectivity index (χ2n) is 5.49. The molecule has 3 aromatic rings. The number of hydrogen-bond acceptors (Lipinski definition) is 4. The molecule has 126 valence electrons. The zero-order chi connectivity index (χ0) is 17.6. The predicted octanol–water partition coefficient (Wildman–Crippen LogP) is 2.50. The lowest BCUT2D eigenvalue weighted by molar-refractivity contribution is 0.0957. The number of aromatic amines is 1. The first-order chi connectivity index (χ1) is 12.2. The van der Waals surface area contributed by atoms with Crippen molar-refractivity contribution in [3.8, 4) is 11.3 Å². The van der Waals surface area contributed by atoms with Crippen molar-refractivity contribution in [1.82, 2.24) is 15.3 Å². The van der Waals surface area contributed by atoms with Crippen LogP contribution in [0.15, 0.2) is 65.6 Å². The summed E-state index contributed by atoms with van der Waals surface area (Å²) in [7, 11) is 1.66. The van der Waals surface area contributed by atoms with E-state index in [4.69, 9.17) is 5.73 Å². The lowest BCUT2D eigenvalue weighted by Crippen LogP contribution is -2.26. The van der Waals surface area contributed by atoms with Gasteiger partial charge >= 0.3 is 0 Å². The summed E-state index contributed by atoms with van der Waals surface area (Å²) in [6.45, 7) is 0.332. The van der Waals surface area contributed by atoms with Gasteiger partial charge in [-0.05, 0) is 24.3 Å². The monoisotopic (exact) mass is 333 g/mol. The smallest absolute Gasteiger partial charge is 0.251 e. The third-order valence-electron chi connectivity index (χ3n) is 3.86. The Balaban J connectivity index is 1.76. The molecule has 0 aliphatic rings. The number of rotatable bonds is 5. The Labute approximate surface area is 145 Å². The molecule has 3 rings (SSSR count). The van der Waals surface area contributed by atoms with E-state index in [2.05, 4.69) is 20.3 Å². The van der Waals surface area contributed by atoms with Gasteiger partial charge in [0.05, 0.1) is 5.69 Å². The van der Waals surface area contributed by atoms with Crippen LogP contribution in [-0.2, 0) is 0 Å². The van der Waals surface area contributed by atoms with E-state index in [-0.39, 0.29) is 5.91 Å². The van der Waals surface area contributed by atoms with Gasteiger partial charge in [-0.15, -0.1) is 0 Å². The first-order valence-corrected chi connectivity index (χ1v) is 7.86. The van der Waals surface area contributed by atoms with Crippen LogP contribution in [0.5, 0.6) is 0 Å². The average molecular weight is 333 g/mol. The summed E-state index contributed by atoms with van der Waals surface area (Å²) in [6.07, 6.45) is 6.71. The molecule has 0 unspecified atom stereocenters. The fraction of sp³-hybridized carbons (Fsp3) is 0.105. The molecule has 1 aromatic carbocycles. The fourth-order valence-corrected chi connectivity index (χ4v) is 2.59. The van der Waals surface area contributed by atoms with Gasteiger partial charge in [-0.3, -0.25) is 14.8 Å². The maximum Gasteiger partial charge on any atom is 0.251 e. The molecule has 0 spiro atoms. The summed E-state index contributed by atoms with van der Waals surface area (Å²) >= 11 is 0. The molecule has 1 amide bonds. The number of aliphatic imine (C=N–C) groups is 1. The number of fused-ring (bicyclic) bond motifs is 1. The Morgan fingerprint density at radius 1 is 1.28 bits per heavy atom. The maximum atomic E-state index is 12.2. The molecule has 0 saturated carbocycles. The highest BCUT2D eigenvalue weighted by Gasteiger charge is 2.09. The number of hydrogen-bond donors (Lipinski definition) is 3. The third-order valence-corrected chi connectivity index (χ3v) is 3.86. The van der Waals surface area contributed by atoms with E-state index < -0.39 is 0 Å². The van der Waals surface area contributed by atoms with Crippen LogP contribution in [0.2, 0.25) is 0 Å². The van der Waals surface area contributed by atoms with Gasteiger partial charge in [0.15, 0.2) is 0 Å². The molecule has 2 aromatic heterocycles. The van der Waals surface area contributed by atoms with E-state index >= 15 is 0 Å². The van der Waals surface area contributed by atoms with E-state index in [9.17, 15) is 4.79 Å². The number of pyridine rings is 1. The fourth-order valence-electron chi connectivity index (χ4n) is 2.59. The van der Waals surface area contributed by atoms with Crippen molar-refractivity contribution in [3.63, 3.8) is 0 Å². The van der Waals surface area contributed by atoms with Crippen LogP contribution < -0.4 is 11.1 Å². The first-order valence-electron chi connectivity index (χ1n) is 7.86. The summed E-state index contributed by atoms with van der Waals surface area (Å²) < 4.78 is 0. The Bertz CT molecular complexity index is 938. The van der Waals surface area contributed by atoms with Crippen LogP contribution in [-0.4, -0.2) is 35.7 Å². The molecule has 0 bridgehead atoms.